The summed E-state index contributed by atoms with van der Waals surface area (Å²) in [6, 6.07) is 13.0. The fourth-order valence-electron chi connectivity index (χ4n) is 4.15. The number of fused-ring (bicyclic) bond motifs is 1. The van der Waals surface area contributed by atoms with Crippen LogP contribution >= 0.6 is 0 Å². The van der Waals surface area contributed by atoms with Gasteiger partial charge in [-0.15, -0.1) is 0 Å². The zero-order valence-corrected chi connectivity index (χ0v) is 16.0. The molecule has 0 unspecified atom stereocenters. The molecular formula is C23H19F2N3O. The number of rotatable bonds is 3. The molecule has 0 saturated carbocycles. The van der Waals surface area contributed by atoms with Gasteiger partial charge in [0.25, 0.3) is 0 Å². The summed E-state index contributed by atoms with van der Waals surface area (Å²) >= 11 is 0. The lowest BCUT2D eigenvalue weighted by Crippen LogP contribution is -2.43. The number of hydrogen-bond donors (Lipinski definition) is 0. The molecule has 0 aliphatic carbocycles. The summed E-state index contributed by atoms with van der Waals surface area (Å²) in [6.45, 7) is 2.34. The van der Waals surface area contributed by atoms with E-state index in [2.05, 4.69) is 11.1 Å². The second kappa shape index (κ2) is 7.25. The van der Waals surface area contributed by atoms with E-state index in [1.54, 1.807) is 24.3 Å². The molecule has 4 rings (SSSR count). The van der Waals surface area contributed by atoms with Crippen molar-refractivity contribution in [1.29, 1.82) is 5.26 Å². The number of Topliss-reactive ketones (excluding diaryl/α,β-unsaturated/α-hetero) is 1. The fourth-order valence-corrected chi connectivity index (χ4v) is 4.15. The number of hydrogen-bond acceptors (Lipinski definition) is 4. The number of aromatic nitrogens is 1. The average Bonchev–Trinajstić information content (AvgIpc) is 2.73. The molecule has 146 valence electrons. The van der Waals surface area contributed by atoms with Gasteiger partial charge in [-0.2, -0.15) is 5.26 Å². The van der Waals surface area contributed by atoms with Crippen molar-refractivity contribution in [2.45, 2.75) is 25.2 Å². The van der Waals surface area contributed by atoms with Crippen LogP contribution in [0.2, 0.25) is 0 Å². The molecule has 0 radical (unpaired) electrons. The Bertz CT molecular complexity index is 1140. The number of carbonyl (C=O) groups is 1. The van der Waals surface area contributed by atoms with Gasteiger partial charge in [-0.3, -0.25) is 9.78 Å². The highest BCUT2D eigenvalue weighted by atomic mass is 19.1. The summed E-state index contributed by atoms with van der Waals surface area (Å²) in [5, 5.41) is 10.4. The maximum atomic E-state index is 14.4. The quantitative estimate of drug-likeness (QED) is 0.603. The number of pyridine rings is 1. The van der Waals surface area contributed by atoms with Gasteiger partial charge in [0.1, 0.15) is 11.6 Å². The first-order valence-electron chi connectivity index (χ1n) is 9.45. The predicted molar refractivity (Wildman–Crippen MR) is 107 cm³/mol. The summed E-state index contributed by atoms with van der Waals surface area (Å²) in [5.74, 6) is -0.954. The van der Waals surface area contributed by atoms with Gasteiger partial charge < -0.3 is 4.90 Å². The van der Waals surface area contributed by atoms with Crippen LogP contribution in [0.5, 0.6) is 0 Å². The van der Waals surface area contributed by atoms with Crippen LogP contribution in [0.3, 0.4) is 0 Å². The van der Waals surface area contributed by atoms with Gasteiger partial charge in [0.05, 0.1) is 28.3 Å². The Morgan fingerprint density at radius 2 is 1.90 bits per heavy atom. The molecule has 3 aromatic rings. The molecule has 1 aliphatic rings. The van der Waals surface area contributed by atoms with Crippen molar-refractivity contribution in [3.8, 4) is 6.07 Å². The highest BCUT2D eigenvalue weighted by Crippen LogP contribution is 2.40. The second-order valence-corrected chi connectivity index (χ2v) is 7.40. The van der Waals surface area contributed by atoms with Gasteiger partial charge in [0.15, 0.2) is 5.78 Å². The van der Waals surface area contributed by atoms with Gasteiger partial charge in [0, 0.05) is 30.2 Å². The highest BCUT2D eigenvalue weighted by molar-refractivity contribution is 6.07. The van der Waals surface area contributed by atoms with E-state index in [1.807, 2.05) is 4.90 Å². The summed E-state index contributed by atoms with van der Waals surface area (Å²) in [6.07, 6.45) is 2.32. The number of nitriles is 1. The molecule has 0 spiro atoms. The van der Waals surface area contributed by atoms with Crippen LogP contribution in [0, 0.1) is 23.0 Å². The highest BCUT2D eigenvalue weighted by Gasteiger charge is 2.39. The topological polar surface area (TPSA) is 57.0 Å². The van der Waals surface area contributed by atoms with E-state index < -0.39 is 11.2 Å². The van der Waals surface area contributed by atoms with Crippen LogP contribution in [-0.4, -0.2) is 23.9 Å². The van der Waals surface area contributed by atoms with Gasteiger partial charge >= 0.3 is 0 Å². The van der Waals surface area contributed by atoms with E-state index in [4.69, 9.17) is 0 Å². The van der Waals surface area contributed by atoms with Crippen LogP contribution < -0.4 is 4.90 Å². The van der Waals surface area contributed by atoms with Crippen molar-refractivity contribution in [2.75, 3.05) is 18.0 Å². The number of piperidine rings is 1. The lowest BCUT2D eigenvalue weighted by atomic mass is 9.73. The van der Waals surface area contributed by atoms with Crippen LogP contribution in [0.4, 0.5) is 14.5 Å². The molecule has 2 heterocycles. The monoisotopic (exact) mass is 391 g/mol. The summed E-state index contributed by atoms with van der Waals surface area (Å²) in [7, 11) is 0. The molecule has 4 nitrogen and oxygen atoms in total. The Kier molecular flexibility index (Phi) is 4.75. The second-order valence-electron chi connectivity index (χ2n) is 7.40. The van der Waals surface area contributed by atoms with Gasteiger partial charge in [-0.1, -0.05) is 18.2 Å². The lowest BCUT2D eigenvalue weighted by molar-refractivity contribution is 0.101. The first-order valence-corrected chi connectivity index (χ1v) is 9.45. The first-order chi connectivity index (χ1) is 13.9. The smallest absolute Gasteiger partial charge is 0.163 e. The Hall–Kier alpha value is -3.33. The zero-order chi connectivity index (χ0) is 20.6. The van der Waals surface area contributed by atoms with Crippen molar-refractivity contribution in [1.82, 2.24) is 4.98 Å². The molecule has 6 heteroatoms. The minimum atomic E-state index is -0.924. The molecule has 0 amide bonds. The Labute approximate surface area is 167 Å². The number of anilines is 1. The first kappa shape index (κ1) is 19.0. The van der Waals surface area contributed by atoms with Gasteiger partial charge in [-0.25, -0.2) is 8.78 Å². The van der Waals surface area contributed by atoms with E-state index >= 15 is 0 Å². The van der Waals surface area contributed by atoms with E-state index in [0.717, 1.165) is 0 Å². The van der Waals surface area contributed by atoms with Crippen molar-refractivity contribution in [2.24, 2.45) is 0 Å². The number of nitrogens with zero attached hydrogens (tertiary/aromatic N) is 3. The summed E-state index contributed by atoms with van der Waals surface area (Å²) < 4.78 is 28.3. The van der Waals surface area contributed by atoms with E-state index in [9.17, 15) is 18.8 Å². The van der Waals surface area contributed by atoms with Crippen molar-refractivity contribution in [3.63, 3.8) is 0 Å². The predicted octanol–water partition coefficient (Wildman–Crippen LogP) is 4.78. The molecular weight excluding hydrogens is 372 g/mol. The Morgan fingerprint density at radius 3 is 2.55 bits per heavy atom. The largest absolute Gasteiger partial charge is 0.370 e. The number of carbonyl (C=O) groups excluding carboxylic acids is 1. The van der Waals surface area contributed by atoms with Crippen molar-refractivity contribution >= 4 is 22.4 Å². The minimum absolute atomic E-state index is 0.162. The third-order valence-electron chi connectivity index (χ3n) is 5.72. The maximum absolute atomic E-state index is 14.4. The maximum Gasteiger partial charge on any atom is 0.163 e. The number of benzene rings is 2. The van der Waals surface area contributed by atoms with Gasteiger partial charge in [0.2, 0.25) is 0 Å². The van der Waals surface area contributed by atoms with Crippen LogP contribution in [0.15, 0.2) is 48.7 Å². The fraction of sp³-hybridized carbons (Fsp3) is 0.261. The molecule has 0 bridgehead atoms. The molecule has 1 aliphatic heterocycles. The average molecular weight is 391 g/mol. The van der Waals surface area contributed by atoms with Crippen molar-refractivity contribution in [3.05, 3.63) is 71.4 Å². The normalized spacial score (nSPS) is 15.9. The Balaban J connectivity index is 1.75. The lowest BCUT2D eigenvalue weighted by Gasteiger charge is -2.39. The minimum Gasteiger partial charge on any atom is -0.370 e. The van der Waals surface area contributed by atoms with Crippen LogP contribution in [0.25, 0.3) is 10.9 Å². The van der Waals surface area contributed by atoms with E-state index in [0.29, 0.717) is 53.6 Å². The third-order valence-corrected chi connectivity index (χ3v) is 5.72. The number of ketones is 1. The standard InChI is InChI=1S/C23H19F2N3O/c1-15(29)18-13-27-21-7-6-16(24)12-17(21)22(18)28-10-8-23(14-26,9-11-28)19-4-2-3-5-20(19)25/h2-7,12-13H,8-11H2,1H3. The van der Waals surface area contributed by atoms with Crippen LogP contribution in [-0.2, 0) is 5.41 Å². The summed E-state index contributed by atoms with van der Waals surface area (Å²) in [4.78, 5) is 18.5. The number of halogens is 2. The molecule has 1 fully saturated rings. The molecule has 0 N–H and O–H groups in total. The van der Waals surface area contributed by atoms with Crippen LogP contribution in [0.1, 0.15) is 35.7 Å². The molecule has 0 atom stereocenters. The zero-order valence-electron chi connectivity index (χ0n) is 16.0. The van der Waals surface area contributed by atoms with Gasteiger partial charge in [-0.05, 0) is 44.0 Å². The van der Waals surface area contributed by atoms with Crippen molar-refractivity contribution < 1.29 is 13.6 Å². The van der Waals surface area contributed by atoms with E-state index in [1.165, 1.54) is 31.3 Å². The molecule has 2 aromatic carbocycles. The molecule has 1 saturated heterocycles. The SMILES string of the molecule is CC(=O)c1cnc2ccc(F)cc2c1N1CCC(C#N)(c2ccccc2F)CC1. The molecule has 29 heavy (non-hydrogen) atoms. The van der Waals surface area contributed by atoms with E-state index in [-0.39, 0.29) is 11.6 Å². The Morgan fingerprint density at radius 1 is 1.17 bits per heavy atom. The molecule has 1 aromatic heterocycles. The summed E-state index contributed by atoms with van der Waals surface area (Å²) in [5.41, 5.74) is 1.12. The third kappa shape index (κ3) is 3.23.